The molecule has 1 aromatic carbocycles. The highest BCUT2D eigenvalue weighted by molar-refractivity contribution is 7.69. The first-order valence-corrected chi connectivity index (χ1v) is 13.0. The number of benzene rings is 1. The Hall–Kier alpha value is -1.63. The Balaban J connectivity index is 0.00000181. The standard InChI is InChI=1S/C21H25ClN5O2P.2ClH/c1-30(2,29)18-12-14(9-11-24-18)20(28)26-21-25-17-8-5-7-16(22)19(17)27(21)15-6-3-4-10-23-13-15;;/h5,7-9,11-12,15,23H,3-4,6,10,13H2,1-2H3,(H,25,26,28);2*1H/t15-;;/m1../s1. The van der Waals surface area contributed by atoms with Gasteiger partial charge in [0.2, 0.25) is 5.95 Å². The summed E-state index contributed by atoms with van der Waals surface area (Å²) in [4.78, 5) is 21.8. The molecular weight excluding hydrogens is 492 g/mol. The van der Waals surface area contributed by atoms with Gasteiger partial charge >= 0.3 is 0 Å². The second kappa shape index (κ2) is 11.0. The SMILES string of the molecule is CP(C)(=O)c1cc(C(=O)Nc2nc3cccc(Cl)c3n2[C@@H]2CCCCNC2)ccn1.Cl.Cl. The van der Waals surface area contributed by atoms with Crippen LogP contribution in [0.3, 0.4) is 0 Å². The number of halogens is 3. The number of hydrogen-bond donors (Lipinski definition) is 2. The zero-order valence-electron chi connectivity index (χ0n) is 17.9. The number of amides is 1. The fraction of sp³-hybridized carbons (Fsp3) is 0.381. The van der Waals surface area contributed by atoms with E-state index in [0.29, 0.717) is 22.0 Å². The summed E-state index contributed by atoms with van der Waals surface area (Å²) in [5.41, 5.74) is 2.39. The van der Waals surface area contributed by atoms with Gasteiger partial charge in [-0.1, -0.05) is 24.1 Å². The molecule has 1 amide bonds. The molecule has 7 nitrogen and oxygen atoms in total. The molecule has 32 heavy (non-hydrogen) atoms. The minimum Gasteiger partial charge on any atom is -0.318 e. The number of imidazole rings is 1. The molecule has 1 aliphatic heterocycles. The molecule has 0 radical (unpaired) electrons. The number of carbonyl (C=O) groups is 1. The molecule has 0 bridgehead atoms. The molecule has 4 rings (SSSR count). The van der Waals surface area contributed by atoms with Crippen LogP contribution < -0.4 is 16.1 Å². The summed E-state index contributed by atoms with van der Waals surface area (Å²) in [6, 6.07) is 8.92. The molecule has 3 aromatic rings. The summed E-state index contributed by atoms with van der Waals surface area (Å²) in [7, 11) is -2.57. The van der Waals surface area contributed by atoms with Crippen LogP contribution in [-0.4, -0.2) is 46.9 Å². The van der Waals surface area contributed by atoms with Crippen LogP contribution in [0.4, 0.5) is 5.95 Å². The number of anilines is 1. The van der Waals surface area contributed by atoms with Gasteiger partial charge in [-0.25, -0.2) is 4.98 Å². The maximum absolute atomic E-state index is 13.0. The zero-order chi connectivity index (χ0) is 21.3. The van der Waals surface area contributed by atoms with Gasteiger partial charge in [0.1, 0.15) is 12.6 Å². The van der Waals surface area contributed by atoms with E-state index in [1.807, 2.05) is 22.8 Å². The molecule has 11 heteroatoms. The van der Waals surface area contributed by atoms with Crippen molar-refractivity contribution in [2.24, 2.45) is 0 Å². The van der Waals surface area contributed by atoms with Crippen molar-refractivity contribution in [3.8, 4) is 0 Å². The number of aromatic nitrogens is 3. The van der Waals surface area contributed by atoms with Gasteiger partial charge in [-0.05, 0) is 57.0 Å². The first kappa shape index (κ1) is 26.6. The highest BCUT2D eigenvalue weighted by Crippen LogP contribution is 2.34. The normalized spacial score (nSPS) is 16.5. The molecule has 2 aromatic heterocycles. The third kappa shape index (κ3) is 5.64. The van der Waals surface area contributed by atoms with E-state index in [-0.39, 0.29) is 36.8 Å². The summed E-state index contributed by atoms with van der Waals surface area (Å²) in [6.45, 7) is 5.04. The molecule has 0 spiro atoms. The van der Waals surface area contributed by atoms with Gasteiger partial charge in [0.15, 0.2) is 0 Å². The van der Waals surface area contributed by atoms with E-state index in [2.05, 4.69) is 20.6 Å². The van der Waals surface area contributed by atoms with E-state index in [1.54, 1.807) is 25.5 Å². The van der Waals surface area contributed by atoms with E-state index < -0.39 is 7.14 Å². The quantitative estimate of drug-likeness (QED) is 0.487. The van der Waals surface area contributed by atoms with Crippen LogP contribution in [0.25, 0.3) is 11.0 Å². The lowest BCUT2D eigenvalue weighted by Crippen LogP contribution is -2.26. The second-order valence-corrected chi connectivity index (χ2v) is 11.5. The molecule has 1 fully saturated rings. The third-order valence-corrected chi connectivity index (χ3v) is 6.98. The predicted molar refractivity (Wildman–Crippen MR) is 136 cm³/mol. The molecule has 0 unspecified atom stereocenters. The highest BCUT2D eigenvalue weighted by Gasteiger charge is 2.24. The molecular formula is C21H27Cl3N5O2P. The average Bonchev–Trinajstić information content (AvgIpc) is 2.88. The van der Waals surface area contributed by atoms with Crippen LogP contribution >= 0.6 is 43.6 Å². The van der Waals surface area contributed by atoms with Crippen molar-refractivity contribution < 1.29 is 9.36 Å². The number of fused-ring (bicyclic) bond motifs is 1. The Kier molecular flexibility index (Phi) is 9.15. The number of pyridine rings is 1. The lowest BCUT2D eigenvalue weighted by molar-refractivity contribution is 0.102. The Morgan fingerprint density at radius 1 is 1.25 bits per heavy atom. The minimum atomic E-state index is -2.57. The molecule has 0 aliphatic carbocycles. The summed E-state index contributed by atoms with van der Waals surface area (Å²) >= 11 is 6.53. The Morgan fingerprint density at radius 2 is 2.03 bits per heavy atom. The number of para-hydroxylation sites is 1. The molecule has 1 saturated heterocycles. The van der Waals surface area contributed by atoms with E-state index in [9.17, 15) is 9.36 Å². The van der Waals surface area contributed by atoms with Crippen molar-refractivity contribution in [1.82, 2.24) is 19.9 Å². The lowest BCUT2D eigenvalue weighted by atomic mass is 10.1. The second-order valence-electron chi connectivity index (χ2n) is 7.97. The van der Waals surface area contributed by atoms with Crippen molar-refractivity contribution in [3.63, 3.8) is 0 Å². The fourth-order valence-corrected chi connectivity index (χ4v) is 4.85. The van der Waals surface area contributed by atoms with Crippen LogP contribution in [0.1, 0.15) is 35.7 Å². The molecule has 0 saturated carbocycles. The first-order chi connectivity index (χ1) is 14.3. The number of hydrogen-bond acceptors (Lipinski definition) is 5. The molecule has 3 heterocycles. The average molecular weight is 519 g/mol. The minimum absolute atomic E-state index is 0. The van der Waals surface area contributed by atoms with Gasteiger partial charge < -0.3 is 14.4 Å². The maximum Gasteiger partial charge on any atom is 0.258 e. The van der Waals surface area contributed by atoms with Gasteiger partial charge in [-0.3, -0.25) is 15.1 Å². The van der Waals surface area contributed by atoms with Crippen LogP contribution in [0.15, 0.2) is 36.5 Å². The maximum atomic E-state index is 13.0. The fourth-order valence-electron chi connectivity index (χ4n) is 3.80. The largest absolute Gasteiger partial charge is 0.318 e. The lowest BCUT2D eigenvalue weighted by Gasteiger charge is -2.20. The van der Waals surface area contributed by atoms with Crippen molar-refractivity contribution in [2.45, 2.75) is 25.3 Å². The van der Waals surface area contributed by atoms with Crippen LogP contribution in [0.2, 0.25) is 5.02 Å². The zero-order valence-corrected chi connectivity index (χ0v) is 21.2. The van der Waals surface area contributed by atoms with Gasteiger partial charge in [0.05, 0.1) is 16.1 Å². The number of nitrogens with one attached hydrogen (secondary N) is 2. The Bertz CT molecular complexity index is 1140. The van der Waals surface area contributed by atoms with E-state index in [4.69, 9.17) is 11.6 Å². The van der Waals surface area contributed by atoms with Gasteiger partial charge in [0, 0.05) is 24.3 Å². The van der Waals surface area contributed by atoms with Crippen LogP contribution in [-0.2, 0) is 4.57 Å². The Labute approximate surface area is 204 Å². The molecule has 1 atom stereocenters. The number of rotatable bonds is 4. The van der Waals surface area contributed by atoms with E-state index in [0.717, 1.165) is 43.4 Å². The summed E-state index contributed by atoms with van der Waals surface area (Å²) in [5.74, 6) is 0.146. The summed E-state index contributed by atoms with van der Waals surface area (Å²) < 4.78 is 14.4. The van der Waals surface area contributed by atoms with Gasteiger partial charge in [0.25, 0.3) is 5.91 Å². The summed E-state index contributed by atoms with van der Waals surface area (Å²) in [5, 5.41) is 7.02. The van der Waals surface area contributed by atoms with Gasteiger partial charge in [-0.15, -0.1) is 24.8 Å². The van der Waals surface area contributed by atoms with Crippen LogP contribution in [0, 0.1) is 0 Å². The summed E-state index contributed by atoms with van der Waals surface area (Å²) in [6.07, 6.45) is 4.69. The molecule has 174 valence electrons. The predicted octanol–water partition coefficient (Wildman–Crippen LogP) is 4.74. The van der Waals surface area contributed by atoms with Crippen molar-refractivity contribution in [3.05, 3.63) is 47.1 Å². The Morgan fingerprint density at radius 3 is 2.78 bits per heavy atom. The topological polar surface area (TPSA) is 88.9 Å². The molecule has 1 aliphatic rings. The van der Waals surface area contributed by atoms with E-state index in [1.165, 1.54) is 6.20 Å². The third-order valence-electron chi connectivity index (χ3n) is 5.33. The van der Waals surface area contributed by atoms with Crippen molar-refractivity contribution >= 4 is 71.9 Å². The highest BCUT2D eigenvalue weighted by atomic mass is 35.5. The number of carbonyl (C=O) groups excluding carboxylic acids is 1. The number of nitrogens with zero attached hydrogens (tertiary/aromatic N) is 3. The van der Waals surface area contributed by atoms with Crippen molar-refractivity contribution in [1.29, 1.82) is 0 Å². The van der Waals surface area contributed by atoms with Crippen molar-refractivity contribution in [2.75, 3.05) is 31.7 Å². The van der Waals surface area contributed by atoms with E-state index >= 15 is 0 Å². The van der Waals surface area contributed by atoms with Crippen LogP contribution in [0.5, 0.6) is 0 Å². The molecule has 2 N–H and O–H groups in total. The monoisotopic (exact) mass is 517 g/mol. The van der Waals surface area contributed by atoms with Gasteiger partial charge in [-0.2, -0.15) is 0 Å². The first-order valence-electron chi connectivity index (χ1n) is 10.0. The smallest absolute Gasteiger partial charge is 0.258 e.